The van der Waals surface area contributed by atoms with Gasteiger partial charge >= 0.3 is 0 Å². The molecule has 0 radical (unpaired) electrons. The molecule has 2 aromatic heterocycles. The molecule has 1 unspecified atom stereocenters. The van der Waals surface area contributed by atoms with Crippen molar-refractivity contribution in [2.75, 3.05) is 5.32 Å². The summed E-state index contributed by atoms with van der Waals surface area (Å²) in [5, 5.41) is 11.7. The van der Waals surface area contributed by atoms with Gasteiger partial charge < -0.3 is 5.32 Å². The number of halogens is 1. The van der Waals surface area contributed by atoms with E-state index < -0.39 is 0 Å². The van der Waals surface area contributed by atoms with Gasteiger partial charge in [0.2, 0.25) is 0 Å². The summed E-state index contributed by atoms with van der Waals surface area (Å²) in [6.45, 7) is 2.93. The van der Waals surface area contributed by atoms with Crippen LogP contribution in [0.2, 0.25) is 0 Å². The van der Waals surface area contributed by atoms with Crippen LogP contribution < -0.4 is 5.32 Å². The van der Waals surface area contributed by atoms with Gasteiger partial charge in [-0.15, -0.1) is 0 Å². The minimum absolute atomic E-state index is 0.302. The normalized spacial score (nSPS) is 12.7. The lowest BCUT2D eigenvalue weighted by Crippen LogP contribution is -2.21. The number of aromatic nitrogens is 4. The van der Waals surface area contributed by atoms with Crippen molar-refractivity contribution >= 4 is 21.6 Å². The Hall–Kier alpha value is -1.30. The van der Waals surface area contributed by atoms with E-state index in [1.807, 2.05) is 30.3 Å². The van der Waals surface area contributed by atoms with Gasteiger partial charge in [-0.2, -0.15) is 10.2 Å². The van der Waals surface area contributed by atoms with Crippen LogP contribution in [0.5, 0.6) is 0 Å². The second-order valence-corrected chi connectivity index (χ2v) is 4.74. The Bertz CT molecular complexity index is 419. The Labute approximate surface area is 103 Å². The summed E-state index contributed by atoms with van der Waals surface area (Å²) in [5.74, 6) is 0. The molecule has 0 fully saturated rings. The molecule has 1 N–H and O–H groups in total. The predicted molar refractivity (Wildman–Crippen MR) is 66.2 cm³/mol. The van der Waals surface area contributed by atoms with Crippen molar-refractivity contribution in [3.05, 3.63) is 29.3 Å². The molecule has 0 amide bonds. The number of aryl methyl sites for hydroxylation is 1. The maximum Gasteiger partial charge on any atom is 0.0729 e. The molecule has 2 rings (SSSR count). The summed E-state index contributed by atoms with van der Waals surface area (Å²) in [4.78, 5) is 0. The lowest BCUT2D eigenvalue weighted by Gasteiger charge is -2.13. The largest absolute Gasteiger partial charge is 0.378 e. The Morgan fingerprint density at radius 3 is 2.75 bits per heavy atom. The summed E-state index contributed by atoms with van der Waals surface area (Å²) >= 11 is 3.38. The van der Waals surface area contributed by atoms with Crippen LogP contribution in [0.15, 0.2) is 29.3 Å². The van der Waals surface area contributed by atoms with Gasteiger partial charge in [0.05, 0.1) is 29.1 Å². The first-order valence-corrected chi connectivity index (χ1v) is 5.86. The Balaban J connectivity index is 1.91. The Morgan fingerprint density at radius 1 is 1.38 bits per heavy atom. The average molecular weight is 284 g/mol. The van der Waals surface area contributed by atoms with Crippen molar-refractivity contribution in [2.24, 2.45) is 7.05 Å². The highest BCUT2D eigenvalue weighted by Gasteiger charge is 2.05. The lowest BCUT2D eigenvalue weighted by molar-refractivity contribution is 0.560. The summed E-state index contributed by atoms with van der Waals surface area (Å²) in [7, 11) is 1.90. The molecule has 0 spiro atoms. The third-order valence-corrected chi connectivity index (χ3v) is 2.59. The van der Waals surface area contributed by atoms with Crippen LogP contribution in [0.25, 0.3) is 0 Å². The van der Waals surface area contributed by atoms with Gasteiger partial charge in [-0.3, -0.25) is 9.36 Å². The van der Waals surface area contributed by atoms with Gasteiger partial charge in [0.15, 0.2) is 0 Å². The first-order valence-electron chi connectivity index (χ1n) is 5.06. The molecule has 16 heavy (non-hydrogen) atoms. The zero-order valence-electron chi connectivity index (χ0n) is 9.26. The first kappa shape index (κ1) is 11.2. The zero-order valence-corrected chi connectivity index (χ0v) is 10.8. The zero-order chi connectivity index (χ0) is 11.5. The molecule has 5 nitrogen and oxygen atoms in total. The van der Waals surface area contributed by atoms with E-state index in [1.54, 1.807) is 10.9 Å². The van der Waals surface area contributed by atoms with Crippen molar-refractivity contribution < 1.29 is 0 Å². The number of anilines is 1. The summed E-state index contributed by atoms with van der Waals surface area (Å²) in [6.07, 6.45) is 7.52. The van der Waals surface area contributed by atoms with Gasteiger partial charge in [0.25, 0.3) is 0 Å². The summed E-state index contributed by atoms with van der Waals surface area (Å²) in [5.41, 5.74) is 1.03. The molecular weight excluding hydrogens is 270 g/mol. The smallest absolute Gasteiger partial charge is 0.0729 e. The minimum atomic E-state index is 0.302. The molecular formula is C10H14BrN5. The van der Waals surface area contributed by atoms with Crippen molar-refractivity contribution in [3.8, 4) is 0 Å². The average Bonchev–Trinajstić information content (AvgIpc) is 2.76. The summed E-state index contributed by atoms with van der Waals surface area (Å²) in [6, 6.07) is 0.302. The molecule has 0 aliphatic heterocycles. The third kappa shape index (κ3) is 2.85. The number of hydrogen-bond donors (Lipinski definition) is 1. The van der Waals surface area contributed by atoms with E-state index in [-0.39, 0.29) is 0 Å². The monoisotopic (exact) mass is 283 g/mol. The topological polar surface area (TPSA) is 47.7 Å². The molecule has 0 aliphatic carbocycles. The molecule has 0 aliphatic rings. The van der Waals surface area contributed by atoms with Crippen LogP contribution in [-0.4, -0.2) is 25.6 Å². The van der Waals surface area contributed by atoms with E-state index in [9.17, 15) is 0 Å². The molecule has 0 saturated heterocycles. The first-order chi connectivity index (χ1) is 7.63. The van der Waals surface area contributed by atoms with Gasteiger partial charge in [0, 0.05) is 25.5 Å². The van der Waals surface area contributed by atoms with Crippen LogP contribution in [-0.2, 0) is 13.6 Å². The van der Waals surface area contributed by atoms with Crippen molar-refractivity contribution in [1.29, 1.82) is 0 Å². The predicted octanol–water partition coefficient (Wildman–Crippen LogP) is 1.88. The fourth-order valence-corrected chi connectivity index (χ4v) is 1.87. The van der Waals surface area contributed by atoms with Crippen molar-refractivity contribution in [1.82, 2.24) is 19.6 Å². The van der Waals surface area contributed by atoms with Crippen molar-refractivity contribution in [3.63, 3.8) is 0 Å². The lowest BCUT2D eigenvalue weighted by atomic mass is 10.3. The van der Waals surface area contributed by atoms with Crippen LogP contribution in [0, 0.1) is 0 Å². The third-order valence-electron chi connectivity index (χ3n) is 2.18. The number of nitrogens with one attached hydrogen (secondary N) is 1. The molecule has 2 aromatic rings. The van der Waals surface area contributed by atoms with Crippen LogP contribution in [0.4, 0.5) is 5.69 Å². The van der Waals surface area contributed by atoms with Crippen LogP contribution >= 0.6 is 15.9 Å². The van der Waals surface area contributed by atoms with Crippen LogP contribution in [0.3, 0.4) is 0 Å². The number of nitrogens with zero attached hydrogens (tertiary/aromatic N) is 4. The Morgan fingerprint density at radius 2 is 2.19 bits per heavy atom. The maximum atomic E-state index is 4.21. The fraction of sp³-hybridized carbons (Fsp3) is 0.400. The fourth-order valence-electron chi connectivity index (χ4n) is 1.54. The molecule has 0 aromatic carbocycles. The van der Waals surface area contributed by atoms with E-state index in [0.29, 0.717) is 6.04 Å². The molecule has 86 valence electrons. The number of rotatable bonds is 4. The van der Waals surface area contributed by atoms with Crippen LogP contribution in [0.1, 0.15) is 6.92 Å². The summed E-state index contributed by atoms with van der Waals surface area (Å²) < 4.78 is 4.68. The number of hydrogen-bond acceptors (Lipinski definition) is 3. The second kappa shape index (κ2) is 4.69. The van der Waals surface area contributed by atoms with E-state index in [1.165, 1.54) is 0 Å². The van der Waals surface area contributed by atoms with Gasteiger partial charge in [-0.25, -0.2) is 0 Å². The van der Waals surface area contributed by atoms with Gasteiger partial charge in [-0.05, 0) is 22.9 Å². The quantitative estimate of drug-likeness (QED) is 0.932. The maximum absolute atomic E-state index is 4.21. The Kier molecular flexibility index (Phi) is 3.28. The highest BCUT2D eigenvalue weighted by molar-refractivity contribution is 9.10. The highest BCUT2D eigenvalue weighted by Crippen LogP contribution is 2.09. The molecule has 2 heterocycles. The standard InChI is InChI=1S/C10H14BrN5/c1-8(5-16-6-9(11)3-13-16)14-10-4-12-15(2)7-10/h3-4,6-8,14H,5H2,1-2H3. The van der Waals surface area contributed by atoms with E-state index in [4.69, 9.17) is 0 Å². The van der Waals surface area contributed by atoms with E-state index in [2.05, 4.69) is 38.4 Å². The van der Waals surface area contributed by atoms with Gasteiger partial charge in [0.1, 0.15) is 0 Å². The molecule has 6 heteroatoms. The van der Waals surface area contributed by atoms with Crippen molar-refractivity contribution in [2.45, 2.75) is 19.5 Å². The highest BCUT2D eigenvalue weighted by atomic mass is 79.9. The molecule has 1 atom stereocenters. The van der Waals surface area contributed by atoms with Gasteiger partial charge in [-0.1, -0.05) is 0 Å². The SMILES string of the molecule is CC(Cn1cc(Br)cn1)Nc1cnn(C)c1. The molecule has 0 saturated carbocycles. The minimum Gasteiger partial charge on any atom is -0.378 e. The molecule has 0 bridgehead atoms. The van der Waals surface area contributed by atoms with E-state index in [0.717, 1.165) is 16.7 Å². The van der Waals surface area contributed by atoms with E-state index >= 15 is 0 Å². The second-order valence-electron chi connectivity index (χ2n) is 3.83.